The molecule has 120 valence electrons. The molecule has 0 unspecified atom stereocenters. The van der Waals surface area contributed by atoms with Gasteiger partial charge >= 0.3 is 5.69 Å². The number of ether oxygens (including phenoxy) is 1. The van der Waals surface area contributed by atoms with E-state index in [0.29, 0.717) is 25.0 Å². The first-order chi connectivity index (χ1) is 11.1. The van der Waals surface area contributed by atoms with Crippen LogP contribution >= 0.6 is 0 Å². The van der Waals surface area contributed by atoms with Crippen molar-refractivity contribution in [2.45, 2.75) is 19.4 Å². The molecule has 0 saturated heterocycles. The molecule has 2 aromatic rings. The molecule has 1 aromatic carbocycles. The lowest BCUT2D eigenvalue weighted by Crippen LogP contribution is -2.34. The third-order valence-corrected chi connectivity index (χ3v) is 3.88. The zero-order chi connectivity index (χ0) is 16.2. The van der Waals surface area contributed by atoms with Crippen LogP contribution in [0.1, 0.15) is 17.5 Å². The largest absolute Gasteiger partial charge is 0.493 e. The number of rotatable bonds is 3. The molecule has 1 aromatic heterocycles. The molecule has 0 radical (unpaired) electrons. The molecule has 0 saturated carbocycles. The molecule has 0 bridgehead atoms. The molecule has 0 aliphatic carbocycles. The van der Waals surface area contributed by atoms with E-state index in [-0.39, 0.29) is 18.4 Å². The van der Waals surface area contributed by atoms with E-state index in [4.69, 9.17) is 4.74 Å². The number of hydrogen-bond acceptors (Lipinski definition) is 4. The number of amides is 1. The summed E-state index contributed by atoms with van der Waals surface area (Å²) in [7, 11) is 0. The SMILES string of the molecule is O=C(NCc1c[nH]c(=O)[nH]c1=O)[C@@H]1CCOc2ccccc2C1. The van der Waals surface area contributed by atoms with Gasteiger partial charge < -0.3 is 15.0 Å². The number of aromatic nitrogens is 2. The highest BCUT2D eigenvalue weighted by Gasteiger charge is 2.23. The van der Waals surface area contributed by atoms with Gasteiger partial charge in [0, 0.05) is 18.7 Å². The van der Waals surface area contributed by atoms with Gasteiger partial charge in [0.05, 0.1) is 12.2 Å². The smallest absolute Gasteiger partial charge is 0.325 e. The summed E-state index contributed by atoms with van der Waals surface area (Å²) in [6.07, 6.45) is 2.53. The average molecular weight is 315 g/mol. The second-order valence-corrected chi connectivity index (χ2v) is 5.46. The van der Waals surface area contributed by atoms with E-state index in [1.54, 1.807) is 0 Å². The number of para-hydroxylation sites is 1. The van der Waals surface area contributed by atoms with Crippen LogP contribution in [0.2, 0.25) is 0 Å². The Morgan fingerprint density at radius 3 is 2.96 bits per heavy atom. The standard InChI is InChI=1S/C16H17N3O4/c20-14(17-8-12-9-18-16(22)19-15(12)21)11-5-6-23-13-4-2-1-3-10(13)7-11/h1-4,9,11H,5-8H2,(H,17,20)(H2,18,19,21,22)/t11-/m1/s1. The zero-order valence-electron chi connectivity index (χ0n) is 12.4. The van der Waals surface area contributed by atoms with Gasteiger partial charge in [-0.1, -0.05) is 18.2 Å². The van der Waals surface area contributed by atoms with Crippen LogP contribution in [0.3, 0.4) is 0 Å². The Morgan fingerprint density at radius 2 is 2.13 bits per heavy atom. The Hall–Kier alpha value is -2.83. The fourth-order valence-electron chi connectivity index (χ4n) is 2.61. The minimum Gasteiger partial charge on any atom is -0.493 e. The summed E-state index contributed by atoms with van der Waals surface area (Å²) in [6, 6.07) is 7.67. The molecule has 2 heterocycles. The fourth-order valence-corrected chi connectivity index (χ4v) is 2.61. The molecule has 0 spiro atoms. The lowest BCUT2D eigenvalue weighted by Gasteiger charge is -2.13. The molecule has 7 nitrogen and oxygen atoms in total. The Morgan fingerprint density at radius 1 is 1.30 bits per heavy atom. The zero-order valence-corrected chi connectivity index (χ0v) is 12.4. The number of aromatic amines is 2. The summed E-state index contributed by atoms with van der Waals surface area (Å²) in [4.78, 5) is 39.4. The number of H-pyrrole nitrogens is 2. The van der Waals surface area contributed by atoms with Gasteiger partial charge in [-0.2, -0.15) is 0 Å². The van der Waals surface area contributed by atoms with Crippen LogP contribution in [0.15, 0.2) is 40.1 Å². The maximum Gasteiger partial charge on any atom is 0.325 e. The van der Waals surface area contributed by atoms with Crippen LogP contribution in [0, 0.1) is 5.92 Å². The molecular formula is C16H17N3O4. The van der Waals surface area contributed by atoms with Gasteiger partial charge in [0.2, 0.25) is 5.91 Å². The number of benzene rings is 1. The quantitative estimate of drug-likeness (QED) is 0.759. The monoisotopic (exact) mass is 315 g/mol. The van der Waals surface area contributed by atoms with E-state index in [2.05, 4.69) is 15.3 Å². The summed E-state index contributed by atoms with van der Waals surface area (Å²) in [6.45, 7) is 0.554. The van der Waals surface area contributed by atoms with Crippen molar-refractivity contribution in [1.29, 1.82) is 0 Å². The van der Waals surface area contributed by atoms with Crippen LogP contribution in [-0.2, 0) is 17.8 Å². The molecule has 7 heteroatoms. The summed E-state index contributed by atoms with van der Waals surface area (Å²) >= 11 is 0. The molecule has 1 aliphatic heterocycles. The van der Waals surface area contributed by atoms with Crippen LogP contribution in [0.5, 0.6) is 5.75 Å². The van der Waals surface area contributed by atoms with E-state index in [1.807, 2.05) is 24.3 Å². The molecule has 3 N–H and O–H groups in total. The highest BCUT2D eigenvalue weighted by molar-refractivity contribution is 5.79. The predicted molar refractivity (Wildman–Crippen MR) is 83.3 cm³/mol. The van der Waals surface area contributed by atoms with E-state index in [9.17, 15) is 14.4 Å². The predicted octanol–water partition coefficient (Wildman–Crippen LogP) is 0.321. The van der Waals surface area contributed by atoms with Crippen LogP contribution in [0.25, 0.3) is 0 Å². The molecule has 3 rings (SSSR count). The average Bonchev–Trinajstić information content (AvgIpc) is 2.76. The number of carbonyl (C=O) groups is 1. The number of nitrogens with one attached hydrogen (secondary N) is 3. The summed E-state index contributed by atoms with van der Waals surface area (Å²) < 4.78 is 5.65. The van der Waals surface area contributed by atoms with Crippen molar-refractivity contribution in [2.24, 2.45) is 5.92 Å². The summed E-state index contributed by atoms with van der Waals surface area (Å²) in [5.41, 5.74) is 0.251. The van der Waals surface area contributed by atoms with E-state index in [0.717, 1.165) is 11.3 Å². The molecule has 1 aliphatic rings. The minimum absolute atomic E-state index is 0.0734. The Balaban J connectivity index is 1.66. The van der Waals surface area contributed by atoms with Crippen molar-refractivity contribution >= 4 is 5.91 Å². The van der Waals surface area contributed by atoms with Crippen molar-refractivity contribution in [1.82, 2.24) is 15.3 Å². The highest BCUT2D eigenvalue weighted by atomic mass is 16.5. The third kappa shape index (κ3) is 3.50. The van der Waals surface area contributed by atoms with Gasteiger partial charge in [-0.15, -0.1) is 0 Å². The Labute approximate surface area is 131 Å². The molecular weight excluding hydrogens is 298 g/mol. The first kappa shape index (κ1) is 15.1. The van der Waals surface area contributed by atoms with Crippen LogP contribution in [-0.4, -0.2) is 22.5 Å². The van der Waals surface area contributed by atoms with Gasteiger partial charge in [0.1, 0.15) is 5.75 Å². The van der Waals surface area contributed by atoms with Crippen molar-refractivity contribution < 1.29 is 9.53 Å². The molecule has 1 atom stereocenters. The van der Waals surface area contributed by atoms with E-state index >= 15 is 0 Å². The number of carbonyl (C=O) groups excluding carboxylic acids is 1. The van der Waals surface area contributed by atoms with E-state index in [1.165, 1.54) is 6.20 Å². The van der Waals surface area contributed by atoms with Crippen molar-refractivity contribution in [3.8, 4) is 5.75 Å². The number of hydrogen-bond donors (Lipinski definition) is 3. The van der Waals surface area contributed by atoms with Crippen molar-refractivity contribution in [3.63, 3.8) is 0 Å². The van der Waals surface area contributed by atoms with Gasteiger partial charge in [-0.25, -0.2) is 4.79 Å². The minimum atomic E-state index is -0.567. The lowest BCUT2D eigenvalue weighted by atomic mass is 9.96. The summed E-state index contributed by atoms with van der Waals surface area (Å²) in [5, 5.41) is 2.75. The first-order valence-corrected chi connectivity index (χ1v) is 7.43. The normalized spacial score (nSPS) is 16.8. The van der Waals surface area contributed by atoms with Crippen LogP contribution < -0.4 is 21.3 Å². The second-order valence-electron chi connectivity index (χ2n) is 5.46. The van der Waals surface area contributed by atoms with Gasteiger partial charge in [-0.3, -0.25) is 14.6 Å². The van der Waals surface area contributed by atoms with Crippen molar-refractivity contribution in [2.75, 3.05) is 6.61 Å². The maximum atomic E-state index is 12.4. The van der Waals surface area contributed by atoms with Gasteiger partial charge in [0.25, 0.3) is 5.56 Å². The lowest BCUT2D eigenvalue weighted by molar-refractivity contribution is -0.125. The van der Waals surface area contributed by atoms with Gasteiger partial charge in [0.15, 0.2) is 0 Å². The highest BCUT2D eigenvalue weighted by Crippen LogP contribution is 2.26. The second kappa shape index (κ2) is 6.51. The third-order valence-electron chi connectivity index (χ3n) is 3.88. The van der Waals surface area contributed by atoms with Crippen LogP contribution in [0.4, 0.5) is 0 Å². The topological polar surface area (TPSA) is 104 Å². The first-order valence-electron chi connectivity index (χ1n) is 7.43. The van der Waals surface area contributed by atoms with Crippen molar-refractivity contribution in [3.05, 3.63) is 62.4 Å². The molecule has 0 fully saturated rings. The molecule has 23 heavy (non-hydrogen) atoms. The number of fused-ring (bicyclic) bond motifs is 1. The maximum absolute atomic E-state index is 12.4. The molecule has 1 amide bonds. The Bertz CT molecular complexity index is 824. The van der Waals surface area contributed by atoms with Gasteiger partial charge in [-0.05, 0) is 24.5 Å². The van der Waals surface area contributed by atoms with E-state index < -0.39 is 11.2 Å². The summed E-state index contributed by atoms with van der Waals surface area (Å²) in [5.74, 6) is 0.483. The fraction of sp³-hybridized carbons (Fsp3) is 0.312. The Kier molecular flexibility index (Phi) is 4.27.